The number of benzene rings is 1. The van der Waals surface area contributed by atoms with E-state index >= 15 is 0 Å². The Morgan fingerprint density at radius 1 is 1.33 bits per heavy atom. The van der Waals surface area contributed by atoms with Crippen LogP contribution in [0.25, 0.3) is 0 Å². The Labute approximate surface area is 125 Å². The fourth-order valence-corrected chi connectivity index (χ4v) is 3.16. The van der Waals surface area contributed by atoms with Crippen LogP contribution in [0.5, 0.6) is 0 Å². The van der Waals surface area contributed by atoms with Crippen molar-refractivity contribution in [2.75, 3.05) is 19.6 Å². The summed E-state index contributed by atoms with van der Waals surface area (Å²) in [4.78, 5) is 1.80. The minimum atomic E-state index is -2.79. The van der Waals surface area contributed by atoms with E-state index in [2.05, 4.69) is 0 Å². The van der Waals surface area contributed by atoms with Crippen LogP contribution in [0.1, 0.15) is 56.6 Å². The van der Waals surface area contributed by atoms with E-state index in [4.69, 9.17) is 0 Å². The lowest BCUT2D eigenvalue weighted by Gasteiger charge is -2.38. The number of alkyl halides is 2. The van der Waals surface area contributed by atoms with Crippen LogP contribution in [0.4, 0.5) is 13.2 Å². The zero-order valence-corrected chi connectivity index (χ0v) is 13.0. The Morgan fingerprint density at radius 2 is 2.05 bits per heavy atom. The first-order valence-electron chi connectivity index (χ1n) is 7.74. The molecule has 1 nitrogen and oxygen atoms in total. The van der Waals surface area contributed by atoms with Gasteiger partial charge in [0.2, 0.25) is 0 Å². The fourth-order valence-electron chi connectivity index (χ4n) is 3.16. The van der Waals surface area contributed by atoms with E-state index in [0.29, 0.717) is 30.6 Å². The van der Waals surface area contributed by atoms with Gasteiger partial charge >= 0.3 is 0 Å². The first kappa shape index (κ1) is 16.3. The van der Waals surface area contributed by atoms with Crippen molar-refractivity contribution in [2.45, 2.75) is 51.4 Å². The molecule has 1 aliphatic rings. The highest BCUT2D eigenvalue weighted by Gasteiger charge is 2.45. The maximum absolute atomic E-state index is 14.4. The van der Waals surface area contributed by atoms with Crippen LogP contribution < -0.4 is 0 Å². The number of hydrogen-bond acceptors (Lipinski definition) is 1. The Bertz CT molecular complexity index is 485. The molecule has 0 aromatic heterocycles. The van der Waals surface area contributed by atoms with Gasteiger partial charge in [0.05, 0.1) is 12.5 Å². The highest BCUT2D eigenvalue weighted by Crippen LogP contribution is 2.41. The molecule has 1 aromatic rings. The lowest BCUT2D eigenvalue weighted by molar-refractivity contribution is -0.0826. The molecule has 0 spiro atoms. The summed E-state index contributed by atoms with van der Waals surface area (Å²) >= 11 is 0. The molecule has 0 amide bonds. The van der Waals surface area contributed by atoms with E-state index < -0.39 is 11.8 Å². The third-order valence-corrected chi connectivity index (χ3v) is 4.27. The molecule has 21 heavy (non-hydrogen) atoms. The quantitative estimate of drug-likeness (QED) is 0.773. The lowest BCUT2D eigenvalue weighted by Crippen LogP contribution is -2.47. The normalized spacial score (nSPS) is 22.7. The first-order chi connectivity index (χ1) is 9.85. The Morgan fingerprint density at radius 3 is 2.57 bits per heavy atom. The van der Waals surface area contributed by atoms with Gasteiger partial charge in [0, 0.05) is 0 Å². The standard InChI is InChI=1S/C17H24F3N/c1-4-8-21-9-7-15(17(19,20)11-21)13-5-6-14(12(2)3)16(18)10-13/h5-6,10,12,15H,4,7-9,11H2,1-3H3. The van der Waals surface area contributed by atoms with Gasteiger partial charge in [-0.2, -0.15) is 0 Å². The molecule has 118 valence electrons. The van der Waals surface area contributed by atoms with Crippen molar-refractivity contribution in [3.8, 4) is 0 Å². The SMILES string of the molecule is CCCN1CCC(c2ccc(C(C)C)c(F)c2)C(F)(F)C1. The number of nitrogens with zero attached hydrogens (tertiary/aromatic N) is 1. The van der Waals surface area contributed by atoms with Crippen LogP contribution in [-0.4, -0.2) is 30.5 Å². The predicted octanol–water partition coefficient (Wildman–Crippen LogP) is 4.78. The predicted molar refractivity (Wildman–Crippen MR) is 79.5 cm³/mol. The van der Waals surface area contributed by atoms with Gasteiger partial charge in [0.15, 0.2) is 0 Å². The molecule has 2 rings (SSSR count). The van der Waals surface area contributed by atoms with Gasteiger partial charge in [-0.05, 0) is 49.0 Å². The molecular formula is C17H24F3N. The summed E-state index contributed by atoms with van der Waals surface area (Å²) < 4.78 is 42.8. The maximum atomic E-state index is 14.4. The lowest BCUT2D eigenvalue weighted by atomic mass is 9.85. The number of rotatable bonds is 4. The van der Waals surface area contributed by atoms with E-state index in [9.17, 15) is 13.2 Å². The average molecular weight is 299 g/mol. The van der Waals surface area contributed by atoms with Gasteiger partial charge in [0.25, 0.3) is 5.92 Å². The summed E-state index contributed by atoms with van der Waals surface area (Å²) in [6.07, 6.45) is 1.26. The molecule has 1 aromatic carbocycles. The van der Waals surface area contributed by atoms with Gasteiger partial charge in [-0.1, -0.05) is 32.9 Å². The zero-order chi connectivity index (χ0) is 15.6. The maximum Gasteiger partial charge on any atom is 0.267 e. The summed E-state index contributed by atoms with van der Waals surface area (Å²) in [6.45, 7) is 6.92. The third kappa shape index (κ3) is 3.60. The van der Waals surface area contributed by atoms with Crippen LogP contribution in [0, 0.1) is 5.82 Å². The van der Waals surface area contributed by atoms with Crippen molar-refractivity contribution in [1.82, 2.24) is 4.90 Å². The van der Waals surface area contributed by atoms with E-state index in [0.717, 1.165) is 6.42 Å². The zero-order valence-electron chi connectivity index (χ0n) is 13.0. The van der Waals surface area contributed by atoms with Crippen molar-refractivity contribution in [3.05, 3.63) is 35.1 Å². The molecule has 1 unspecified atom stereocenters. The molecule has 1 heterocycles. The second-order valence-corrected chi connectivity index (χ2v) is 6.31. The first-order valence-corrected chi connectivity index (χ1v) is 7.74. The molecule has 0 aliphatic carbocycles. The third-order valence-electron chi connectivity index (χ3n) is 4.27. The van der Waals surface area contributed by atoms with Crippen molar-refractivity contribution < 1.29 is 13.2 Å². The summed E-state index contributed by atoms with van der Waals surface area (Å²) in [5.41, 5.74) is 1.02. The fraction of sp³-hybridized carbons (Fsp3) is 0.647. The molecule has 1 saturated heterocycles. The van der Waals surface area contributed by atoms with Gasteiger partial charge in [-0.3, -0.25) is 4.90 Å². The molecule has 0 N–H and O–H groups in total. The average Bonchev–Trinajstić information content (AvgIpc) is 2.37. The van der Waals surface area contributed by atoms with Crippen LogP contribution in [0.3, 0.4) is 0 Å². The number of hydrogen-bond donors (Lipinski definition) is 0. The highest BCUT2D eigenvalue weighted by atomic mass is 19.3. The van der Waals surface area contributed by atoms with Crippen molar-refractivity contribution in [1.29, 1.82) is 0 Å². The minimum Gasteiger partial charge on any atom is -0.297 e. The van der Waals surface area contributed by atoms with Crippen molar-refractivity contribution in [2.24, 2.45) is 0 Å². The van der Waals surface area contributed by atoms with Gasteiger partial charge in [-0.25, -0.2) is 13.2 Å². The van der Waals surface area contributed by atoms with E-state index in [1.165, 1.54) is 6.07 Å². The van der Waals surface area contributed by atoms with Gasteiger partial charge in [0.1, 0.15) is 5.82 Å². The smallest absolute Gasteiger partial charge is 0.267 e. The van der Waals surface area contributed by atoms with Gasteiger partial charge < -0.3 is 0 Å². The Balaban J connectivity index is 2.20. The summed E-state index contributed by atoms with van der Waals surface area (Å²) in [5, 5.41) is 0. The Hall–Kier alpha value is -1.03. The van der Waals surface area contributed by atoms with E-state index in [-0.39, 0.29) is 18.3 Å². The topological polar surface area (TPSA) is 3.24 Å². The summed E-state index contributed by atoms with van der Waals surface area (Å²) in [7, 11) is 0. The second kappa shape index (κ2) is 6.39. The largest absolute Gasteiger partial charge is 0.297 e. The summed E-state index contributed by atoms with van der Waals surface area (Å²) in [5.74, 6) is -3.97. The Kier molecular flexibility index (Phi) is 4.97. The van der Waals surface area contributed by atoms with Crippen LogP contribution in [0.2, 0.25) is 0 Å². The molecule has 1 fully saturated rings. The highest BCUT2D eigenvalue weighted by molar-refractivity contribution is 5.30. The molecule has 4 heteroatoms. The number of piperidine rings is 1. The van der Waals surface area contributed by atoms with Crippen molar-refractivity contribution >= 4 is 0 Å². The second-order valence-electron chi connectivity index (χ2n) is 6.31. The van der Waals surface area contributed by atoms with Crippen molar-refractivity contribution in [3.63, 3.8) is 0 Å². The van der Waals surface area contributed by atoms with Crippen LogP contribution in [0.15, 0.2) is 18.2 Å². The molecule has 1 atom stereocenters. The molecular weight excluding hydrogens is 275 g/mol. The van der Waals surface area contributed by atoms with Crippen LogP contribution in [-0.2, 0) is 0 Å². The minimum absolute atomic E-state index is 0.0611. The van der Waals surface area contributed by atoms with E-state index in [1.807, 2.05) is 20.8 Å². The van der Waals surface area contributed by atoms with Crippen LogP contribution >= 0.6 is 0 Å². The van der Waals surface area contributed by atoms with E-state index in [1.54, 1.807) is 17.0 Å². The summed E-state index contributed by atoms with van der Waals surface area (Å²) in [6, 6.07) is 4.64. The molecule has 0 bridgehead atoms. The number of halogens is 3. The molecule has 0 saturated carbocycles. The molecule has 0 radical (unpaired) electrons. The monoisotopic (exact) mass is 299 g/mol. The molecule has 1 aliphatic heterocycles. The van der Waals surface area contributed by atoms with Gasteiger partial charge in [-0.15, -0.1) is 0 Å². The number of likely N-dealkylation sites (tertiary alicyclic amines) is 1.